The van der Waals surface area contributed by atoms with Crippen molar-refractivity contribution >= 4 is 17.8 Å². The molecule has 3 N–H and O–H groups in total. The van der Waals surface area contributed by atoms with Gasteiger partial charge in [0.2, 0.25) is 5.91 Å². The molecule has 2 amide bonds. The number of benzene rings is 1. The van der Waals surface area contributed by atoms with Gasteiger partial charge in [-0.2, -0.15) is 0 Å². The van der Waals surface area contributed by atoms with Crippen LogP contribution in [0.25, 0.3) is 0 Å². The van der Waals surface area contributed by atoms with Crippen LogP contribution in [0, 0.1) is 0 Å². The highest BCUT2D eigenvalue weighted by molar-refractivity contribution is 5.98. The van der Waals surface area contributed by atoms with Gasteiger partial charge in [-0.1, -0.05) is 12.1 Å². The van der Waals surface area contributed by atoms with Gasteiger partial charge in [0.15, 0.2) is 0 Å². The largest absolute Gasteiger partial charge is 0.493 e. The summed E-state index contributed by atoms with van der Waals surface area (Å²) < 4.78 is 5.33. The van der Waals surface area contributed by atoms with Crippen LogP contribution in [0.3, 0.4) is 0 Å². The van der Waals surface area contributed by atoms with Crippen LogP contribution in [-0.2, 0) is 9.59 Å². The molecule has 0 unspecified atom stereocenters. The van der Waals surface area contributed by atoms with Crippen LogP contribution in [-0.4, -0.2) is 42.6 Å². The fraction of sp³-hybridized carbons (Fsp3) is 0.357. The predicted octanol–water partition coefficient (Wildman–Crippen LogP) is 0.406. The van der Waals surface area contributed by atoms with Crippen molar-refractivity contribution in [1.29, 1.82) is 0 Å². The smallest absolute Gasteiger partial charge is 0.305 e. The van der Waals surface area contributed by atoms with E-state index < -0.39 is 17.8 Å². The Hall–Kier alpha value is -2.57. The summed E-state index contributed by atoms with van der Waals surface area (Å²) in [5, 5.41) is 13.3. The minimum atomic E-state index is -0.995. The number of rotatable bonds is 8. The molecule has 114 valence electrons. The van der Waals surface area contributed by atoms with Crippen LogP contribution in [0.4, 0.5) is 0 Å². The van der Waals surface area contributed by atoms with E-state index in [1.54, 1.807) is 24.3 Å². The molecule has 0 atom stereocenters. The zero-order chi connectivity index (χ0) is 15.7. The average Bonchev–Trinajstić information content (AvgIpc) is 2.45. The SMILES string of the molecule is CCOc1ccccc1C(=O)NCC(=O)NCCC(=O)O. The van der Waals surface area contributed by atoms with Crippen molar-refractivity contribution in [2.24, 2.45) is 0 Å². The molecule has 0 aliphatic carbocycles. The van der Waals surface area contributed by atoms with Gasteiger partial charge in [-0.3, -0.25) is 14.4 Å². The average molecular weight is 294 g/mol. The van der Waals surface area contributed by atoms with Crippen molar-refractivity contribution in [2.45, 2.75) is 13.3 Å². The highest BCUT2D eigenvalue weighted by atomic mass is 16.5. The second-order valence-electron chi connectivity index (χ2n) is 4.11. The Kier molecular flexibility index (Phi) is 6.73. The van der Waals surface area contributed by atoms with E-state index in [1.807, 2.05) is 6.92 Å². The number of hydrogen-bond acceptors (Lipinski definition) is 4. The van der Waals surface area contributed by atoms with E-state index >= 15 is 0 Å². The molecule has 0 aliphatic rings. The zero-order valence-electron chi connectivity index (χ0n) is 11.7. The molecule has 0 aromatic heterocycles. The summed E-state index contributed by atoms with van der Waals surface area (Å²) in [5.41, 5.74) is 0.345. The van der Waals surface area contributed by atoms with E-state index in [2.05, 4.69) is 10.6 Å². The number of carbonyl (C=O) groups is 3. The van der Waals surface area contributed by atoms with E-state index in [0.29, 0.717) is 17.9 Å². The second kappa shape index (κ2) is 8.57. The van der Waals surface area contributed by atoms with Crippen LogP contribution < -0.4 is 15.4 Å². The van der Waals surface area contributed by atoms with Crippen LogP contribution in [0.1, 0.15) is 23.7 Å². The lowest BCUT2D eigenvalue weighted by Crippen LogP contribution is -2.37. The molecule has 7 nitrogen and oxygen atoms in total. The Morgan fingerprint density at radius 1 is 1.19 bits per heavy atom. The Morgan fingerprint density at radius 2 is 1.90 bits per heavy atom. The van der Waals surface area contributed by atoms with E-state index in [4.69, 9.17) is 9.84 Å². The lowest BCUT2D eigenvalue weighted by Gasteiger charge is -2.10. The Balaban J connectivity index is 2.46. The zero-order valence-corrected chi connectivity index (χ0v) is 11.7. The lowest BCUT2D eigenvalue weighted by atomic mass is 10.2. The van der Waals surface area contributed by atoms with E-state index in [-0.39, 0.29) is 19.5 Å². The van der Waals surface area contributed by atoms with Crippen molar-refractivity contribution < 1.29 is 24.2 Å². The van der Waals surface area contributed by atoms with Gasteiger partial charge in [0.1, 0.15) is 5.75 Å². The molecule has 0 heterocycles. The maximum atomic E-state index is 12.0. The first-order chi connectivity index (χ1) is 10.0. The summed E-state index contributed by atoms with van der Waals surface area (Å²) in [6, 6.07) is 6.72. The lowest BCUT2D eigenvalue weighted by molar-refractivity contribution is -0.136. The molecular weight excluding hydrogens is 276 g/mol. The molecular formula is C14H18N2O5. The van der Waals surface area contributed by atoms with Crippen molar-refractivity contribution in [3.05, 3.63) is 29.8 Å². The van der Waals surface area contributed by atoms with Crippen LogP contribution in [0.5, 0.6) is 5.75 Å². The van der Waals surface area contributed by atoms with Crippen molar-refractivity contribution in [3.8, 4) is 5.75 Å². The van der Waals surface area contributed by atoms with Gasteiger partial charge < -0.3 is 20.5 Å². The van der Waals surface area contributed by atoms with Gasteiger partial charge in [-0.05, 0) is 19.1 Å². The van der Waals surface area contributed by atoms with E-state index in [0.717, 1.165) is 0 Å². The molecule has 0 saturated carbocycles. The fourth-order valence-corrected chi connectivity index (χ4v) is 1.56. The first-order valence-corrected chi connectivity index (χ1v) is 6.53. The molecule has 1 aromatic carbocycles. The highest BCUT2D eigenvalue weighted by Crippen LogP contribution is 2.17. The normalized spacial score (nSPS) is 9.76. The van der Waals surface area contributed by atoms with E-state index in [1.165, 1.54) is 0 Å². The third-order valence-corrected chi connectivity index (χ3v) is 2.50. The minimum Gasteiger partial charge on any atom is -0.493 e. The quantitative estimate of drug-likeness (QED) is 0.644. The van der Waals surface area contributed by atoms with Crippen molar-refractivity contribution in [1.82, 2.24) is 10.6 Å². The maximum Gasteiger partial charge on any atom is 0.305 e. The summed E-state index contributed by atoms with van der Waals surface area (Å²) in [6.45, 7) is 2.04. The second-order valence-corrected chi connectivity index (χ2v) is 4.11. The monoisotopic (exact) mass is 294 g/mol. The summed E-state index contributed by atoms with van der Waals surface area (Å²) in [7, 11) is 0. The van der Waals surface area contributed by atoms with Crippen molar-refractivity contribution in [3.63, 3.8) is 0 Å². The molecule has 1 rings (SSSR count). The first-order valence-electron chi connectivity index (χ1n) is 6.53. The number of carboxylic acid groups (broad SMARTS) is 1. The number of ether oxygens (including phenoxy) is 1. The molecule has 0 spiro atoms. The van der Waals surface area contributed by atoms with Gasteiger partial charge in [-0.25, -0.2) is 0 Å². The minimum absolute atomic E-state index is 0.0274. The molecule has 1 aromatic rings. The summed E-state index contributed by atoms with van der Waals surface area (Å²) in [4.78, 5) is 33.7. The topological polar surface area (TPSA) is 105 Å². The molecule has 0 aliphatic heterocycles. The molecule has 0 saturated heterocycles. The Labute approximate surface area is 122 Å². The molecule has 7 heteroatoms. The standard InChI is InChI=1S/C14H18N2O5/c1-2-21-11-6-4-3-5-10(11)14(20)16-9-12(17)15-8-7-13(18)19/h3-6H,2,7-9H2,1H3,(H,15,17)(H,16,20)(H,18,19). The van der Waals surface area contributed by atoms with Gasteiger partial charge in [0, 0.05) is 6.54 Å². The van der Waals surface area contributed by atoms with Gasteiger partial charge in [-0.15, -0.1) is 0 Å². The summed E-state index contributed by atoms with van der Waals surface area (Å²) in [5.74, 6) is -1.42. The van der Waals surface area contributed by atoms with E-state index in [9.17, 15) is 14.4 Å². The molecule has 0 radical (unpaired) electrons. The third kappa shape index (κ3) is 5.94. The van der Waals surface area contributed by atoms with Gasteiger partial charge in [0.05, 0.1) is 25.1 Å². The number of para-hydroxylation sites is 1. The predicted molar refractivity (Wildman–Crippen MR) is 75.2 cm³/mol. The molecule has 0 fully saturated rings. The van der Waals surface area contributed by atoms with Crippen LogP contribution in [0.2, 0.25) is 0 Å². The third-order valence-electron chi connectivity index (χ3n) is 2.50. The number of nitrogens with one attached hydrogen (secondary N) is 2. The summed E-state index contributed by atoms with van der Waals surface area (Å²) in [6.07, 6.45) is -0.160. The van der Waals surface area contributed by atoms with Crippen LogP contribution >= 0.6 is 0 Å². The van der Waals surface area contributed by atoms with Gasteiger partial charge in [0.25, 0.3) is 5.91 Å². The maximum absolute atomic E-state index is 12.0. The van der Waals surface area contributed by atoms with Gasteiger partial charge >= 0.3 is 5.97 Å². The Bertz CT molecular complexity index is 516. The van der Waals surface area contributed by atoms with Crippen molar-refractivity contribution in [2.75, 3.05) is 19.7 Å². The fourth-order valence-electron chi connectivity index (χ4n) is 1.56. The number of carboxylic acids is 1. The molecule has 21 heavy (non-hydrogen) atoms. The molecule has 0 bridgehead atoms. The summed E-state index contributed by atoms with van der Waals surface area (Å²) >= 11 is 0. The number of hydrogen-bond donors (Lipinski definition) is 3. The first kappa shape index (κ1) is 16.5. The number of aliphatic carboxylic acids is 1. The van der Waals surface area contributed by atoms with Crippen LogP contribution in [0.15, 0.2) is 24.3 Å². The Morgan fingerprint density at radius 3 is 2.57 bits per heavy atom. The number of carbonyl (C=O) groups excluding carboxylic acids is 2. The highest BCUT2D eigenvalue weighted by Gasteiger charge is 2.12. The number of amides is 2.